The molecule has 5 nitrogen and oxygen atoms in total. The minimum atomic E-state index is -4.49. The predicted octanol–water partition coefficient (Wildman–Crippen LogP) is 2.21. The highest BCUT2D eigenvalue weighted by atomic mass is 19.4. The van der Waals surface area contributed by atoms with Gasteiger partial charge in [-0.25, -0.2) is 0 Å². The second-order valence-electron chi connectivity index (χ2n) is 6.26. The van der Waals surface area contributed by atoms with Crippen LogP contribution >= 0.6 is 0 Å². The Kier molecular flexibility index (Phi) is 6.22. The lowest BCUT2D eigenvalue weighted by Gasteiger charge is -2.29. The van der Waals surface area contributed by atoms with Gasteiger partial charge in [-0.1, -0.05) is 13.8 Å². The number of ether oxygens (including phenoxy) is 1. The fourth-order valence-corrected chi connectivity index (χ4v) is 2.36. The van der Waals surface area contributed by atoms with Gasteiger partial charge in [0.2, 0.25) is 5.91 Å². The van der Waals surface area contributed by atoms with Crippen molar-refractivity contribution in [3.8, 4) is 0 Å². The minimum absolute atomic E-state index is 0.137. The van der Waals surface area contributed by atoms with E-state index in [0.29, 0.717) is 26.1 Å². The predicted molar refractivity (Wildman–Crippen MR) is 72.1 cm³/mol. The molecule has 1 amide bonds. The van der Waals surface area contributed by atoms with Gasteiger partial charge in [-0.3, -0.25) is 9.59 Å². The monoisotopic (exact) mass is 325 g/mol. The van der Waals surface area contributed by atoms with Crippen LogP contribution in [-0.2, 0) is 14.3 Å². The fraction of sp³-hybridized carbons (Fsp3) is 0.857. The van der Waals surface area contributed by atoms with E-state index in [1.165, 1.54) is 0 Å². The zero-order valence-electron chi connectivity index (χ0n) is 12.7. The molecule has 128 valence electrons. The summed E-state index contributed by atoms with van der Waals surface area (Å²) >= 11 is 0. The molecule has 1 heterocycles. The molecule has 1 fully saturated rings. The number of carbonyl (C=O) groups is 2. The van der Waals surface area contributed by atoms with Crippen molar-refractivity contribution in [2.45, 2.75) is 39.3 Å². The summed E-state index contributed by atoms with van der Waals surface area (Å²) in [5, 5.41) is 11.6. The van der Waals surface area contributed by atoms with E-state index in [4.69, 9.17) is 4.74 Å². The molecule has 1 saturated heterocycles. The van der Waals surface area contributed by atoms with Gasteiger partial charge in [0, 0.05) is 26.2 Å². The number of carboxylic acids is 1. The molecule has 0 spiro atoms. The molecule has 22 heavy (non-hydrogen) atoms. The quantitative estimate of drug-likeness (QED) is 0.785. The Morgan fingerprint density at radius 1 is 1.27 bits per heavy atom. The molecule has 1 rings (SSSR count). The number of carbonyl (C=O) groups excluding carboxylic acids is 1. The van der Waals surface area contributed by atoms with Crippen LogP contribution in [-0.4, -0.2) is 42.9 Å². The number of carboxylic acid groups (broad SMARTS) is 1. The van der Waals surface area contributed by atoms with E-state index in [-0.39, 0.29) is 12.5 Å². The third-order valence-corrected chi connectivity index (χ3v) is 4.04. The summed E-state index contributed by atoms with van der Waals surface area (Å²) < 4.78 is 43.3. The van der Waals surface area contributed by atoms with Crippen molar-refractivity contribution in [1.29, 1.82) is 0 Å². The highest BCUT2D eigenvalue weighted by Crippen LogP contribution is 2.40. The molecular formula is C14H22F3NO4. The second-order valence-corrected chi connectivity index (χ2v) is 6.26. The zero-order chi connectivity index (χ0) is 17.0. The average Bonchev–Trinajstić information content (AvgIpc) is 2.37. The van der Waals surface area contributed by atoms with Crippen molar-refractivity contribution in [2.24, 2.45) is 17.3 Å². The molecule has 0 aromatic carbocycles. The van der Waals surface area contributed by atoms with Crippen molar-refractivity contribution >= 4 is 11.9 Å². The standard InChI is InChI=1S/C14H22F3NO4/c1-13(2,14(15,16)17)7-11(19)18-8-10(12(20)21)9-3-5-22-6-4-9/h9-10H,3-8H2,1-2H3,(H,18,19)(H,20,21). The maximum Gasteiger partial charge on any atom is 0.394 e. The normalized spacial score (nSPS) is 18.8. The molecule has 0 aliphatic carbocycles. The van der Waals surface area contributed by atoms with Crippen molar-refractivity contribution in [3.63, 3.8) is 0 Å². The van der Waals surface area contributed by atoms with Crippen LogP contribution in [0.4, 0.5) is 13.2 Å². The van der Waals surface area contributed by atoms with E-state index in [1.807, 2.05) is 0 Å². The highest BCUT2D eigenvalue weighted by Gasteiger charge is 2.48. The third-order valence-electron chi connectivity index (χ3n) is 4.04. The molecule has 0 radical (unpaired) electrons. The van der Waals surface area contributed by atoms with Gasteiger partial charge in [0.05, 0.1) is 11.3 Å². The number of amides is 1. The first kappa shape index (κ1) is 18.7. The van der Waals surface area contributed by atoms with Crippen molar-refractivity contribution in [3.05, 3.63) is 0 Å². The molecule has 0 aromatic rings. The second kappa shape index (κ2) is 7.30. The number of hydrogen-bond acceptors (Lipinski definition) is 3. The van der Waals surface area contributed by atoms with Crippen LogP contribution < -0.4 is 5.32 Å². The molecule has 0 saturated carbocycles. The Labute approximate surface area is 127 Å². The number of nitrogens with one attached hydrogen (secondary N) is 1. The van der Waals surface area contributed by atoms with E-state index in [2.05, 4.69) is 5.32 Å². The first-order valence-corrected chi connectivity index (χ1v) is 7.18. The van der Waals surface area contributed by atoms with Gasteiger partial charge in [-0.2, -0.15) is 13.2 Å². The molecule has 1 unspecified atom stereocenters. The minimum Gasteiger partial charge on any atom is -0.481 e. The summed E-state index contributed by atoms with van der Waals surface area (Å²) in [5.74, 6) is -2.79. The number of halogens is 3. The van der Waals surface area contributed by atoms with Crippen LogP contribution in [0.25, 0.3) is 0 Å². The van der Waals surface area contributed by atoms with Crippen LogP contribution in [0.3, 0.4) is 0 Å². The largest absolute Gasteiger partial charge is 0.481 e. The van der Waals surface area contributed by atoms with Crippen LogP contribution in [0.2, 0.25) is 0 Å². The summed E-state index contributed by atoms with van der Waals surface area (Å²) in [7, 11) is 0. The maximum absolute atomic E-state index is 12.7. The van der Waals surface area contributed by atoms with E-state index < -0.39 is 35.8 Å². The lowest BCUT2D eigenvalue weighted by molar-refractivity contribution is -0.213. The zero-order valence-corrected chi connectivity index (χ0v) is 12.7. The van der Waals surface area contributed by atoms with Gasteiger partial charge < -0.3 is 15.2 Å². The van der Waals surface area contributed by atoms with Crippen LogP contribution in [0.1, 0.15) is 33.1 Å². The third kappa shape index (κ3) is 5.15. The summed E-state index contributed by atoms with van der Waals surface area (Å²) in [6, 6.07) is 0. The Bertz CT molecular complexity index is 403. The SMILES string of the molecule is CC(C)(CC(=O)NCC(C(=O)O)C1CCOCC1)C(F)(F)F. The molecule has 1 aliphatic heterocycles. The molecule has 1 aliphatic rings. The van der Waals surface area contributed by atoms with Gasteiger partial charge in [0.15, 0.2) is 0 Å². The van der Waals surface area contributed by atoms with Crippen LogP contribution in [0, 0.1) is 17.3 Å². The Morgan fingerprint density at radius 3 is 2.27 bits per heavy atom. The number of rotatable bonds is 6. The van der Waals surface area contributed by atoms with Gasteiger partial charge in [-0.05, 0) is 18.8 Å². The molecule has 1 atom stereocenters. The Hall–Kier alpha value is -1.31. The van der Waals surface area contributed by atoms with Crippen LogP contribution in [0.15, 0.2) is 0 Å². The number of aliphatic carboxylic acids is 1. The first-order valence-electron chi connectivity index (χ1n) is 7.18. The summed E-state index contributed by atoms with van der Waals surface area (Å²) in [6.07, 6.45) is -4.07. The lowest BCUT2D eigenvalue weighted by atomic mass is 9.85. The van der Waals surface area contributed by atoms with Crippen molar-refractivity contribution in [1.82, 2.24) is 5.32 Å². The summed E-state index contributed by atoms with van der Waals surface area (Å²) in [6.45, 7) is 2.65. The fourth-order valence-electron chi connectivity index (χ4n) is 2.36. The van der Waals surface area contributed by atoms with Crippen molar-refractivity contribution in [2.75, 3.05) is 19.8 Å². The van der Waals surface area contributed by atoms with E-state index >= 15 is 0 Å². The van der Waals surface area contributed by atoms with E-state index in [0.717, 1.165) is 13.8 Å². The van der Waals surface area contributed by atoms with Crippen LogP contribution in [0.5, 0.6) is 0 Å². The van der Waals surface area contributed by atoms with Gasteiger partial charge >= 0.3 is 12.1 Å². The topological polar surface area (TPSA) is 75.6 Å². The number of hydrogen-bond donors (Lipinski definition) is 2. The lowest BCUT2D eigenvalue weighted by Crippen LogP contribution is -2.42. The Morgan fingerprint density at radius 2 is 1.82 bits per heavy atom. The molecule has 0 aromatic heterocycles. The molecule has 2 N–H and O–H groups in total. The van der Waals surface area contributed by atoms with Gasteiger partial charge in [0.25, 0.3) is 0 Å². The smallest absolute Gasteiger partial charge is 0.394 e. The molecule has 0 bridgehead atoms. The highest BCUT2D eigenvalue weighted by molar-refractivity contribution is 5.78. The average molecular weight is 325 g/mol. The molecule has 8 heteroatoms. The maximum atomic E-state index is 12.7. The van der Waals surface area contributed by atoms with E-state index in [9.17, 15) is 27.9 Å². The Balaban J connectivity index is 2.54. The summed E-state index contributed by atoms with van der Waals surface area (Å²) in [5.41, 5.74) is -2.14. The van der Waals surface area contributed by atoms with E-state index in [1.54, 1.807) is 0 Å². The molecular weight excluding hydrogens is 303 g/mol. The first-order chi connectivity index (χ1) is 10.0. The van der Waals surface area contributed by atoms with Crippen molar-refractivity contribution < 1.29 is 32.6 Å². The van der Waals surface area contributed by atoms with Gasteiger partial charge in [-0.15, -0.1) is 0 Å². The summed E-state index contributed by atoms with van der Waals surface area (Å²) in [4.78, 5) is 23.0. The van der Waals surface area contributed by atoms with Gasteiger partial charge in [0.1, 0.15) is 0 Å². The number of alkyl halides is 3.